The number of aromatic nitrogens is 2. The lowest BCUT2D eigenvalue weighted by atomic mass is 10.0. The molecule has 0 aliphatic rings. The highest BCUT2D eigenvalue weighted by Gasteiger charge is 2.53. The van der Waals surface area contributed by atoms with Crippen LogP contribution in [0.2, 0.25) is 5.02 Å². The smallest absolute Gasteiger partial charge is 0.415 e. The van der Waals surface area contributed by atoms with Crippen molar-refractivity contribution in [2.45, 2.75) is 18.6 Å². The number of rotatable bonds is 3. The van der Waals surface area contributed by atoms with Crippen molar-refractivity contribution in [3.63, 3.8) is 0 Å². The first-order valence-corrected chi connectivity index (χ1v) is 6.08. The molecule has 0 spiro atoms. The summed E-state index contributed by atoms with van der Waals surface area (Å²) in [6.45, 7) is 0.753. The maximum absolute atomic E-state index is 12.8. The molecular formula is C12H11ClF3N3O2. The zero-order chi connectivity index (χ0) is 15.8. The number of benzene rings is 1. The molecule has 1 unspecified atom stereocenters. The van der Waals surface area contributed by atoms with Gasteiger partial charge in [-0.25, -0.2) is 0 Å². The van der Waals surface area contributed by atoms with Crippen LogP contribution in [-0.2, 0) is 5.54 Å². The Labute approximate surface area is 122 Å². The summed E-state index contributed by atoms with van der Waals surface area (Å²) in [4.78, 5) is 3.71. The Morgan fingerprint density at radius 1 is 1.33 bits per heavy atom. The molecule has 1 atom stereocenters. The molecule has 0 amide bonds. The van der Waals surface area contributed by atoms with Crippen LogP contribution in [0.3, 0.4) is 0 Å². The number of methoxy groups -OCH3 is 1. The van der Waals surface area contributed by atoms with E-state index in [-0.39, 0.29) is 5.82 Å². The lowest BCUT2D eigenvalue weighted by Crippen LogP contribution is -2.47. The highest BCUT2D eigenvalue weighted by atomic mass is 35.5. The van der Waals surface area contributed by atoms with Gasteiger partial charge in [0.25, 0.3) is 5.89 Å². The summed E-state index contributed by atoms with van der Waals surface area (Å²) in [5.41, 5.74) is 2.83. The van der Waals surface area contributed by atoms with Crippen molar-refractivity contribution >= 4 is 11.6 Å². The van der Waals surface area contributed by atoms with Crippen molar-refractivity contribution in [3.05, 3.63) is 29.1 Å². The van der Waals surface area contributed by atoms with Gasteiger partial charge in [-0.1, -0.05) is 16.8 Å². The molecule has 0 aliphatic carbocycles. The Kier molecular flexibility index (Phi) is 3.85. The summed E-state index contributed by atoms with van der Waals surface area (Å²) >= 11 is 5.81. The second kappa shape index (κ2) is 5.19. The van der Waals surface area contributed by atoms with Gasteiger partial charge in [-0.2, -0.15) is 18.2 Å². The van der Waals surface area contributed by atoms with Gasteiger partial charge in [0.15, 0.2) is 5.54 Å². The van der Waals surface area contributed by atoms with Gasteiger partial charge in [-0.15, -0.1) is 0 Å². The average Bonchev–Trinajstić information content (AvgIpc) is 2.87. The third kappa shape index (κ3) is 2.81. The SMILES string of the molecule is COc1cc(Cl)ccc1-c1noc(C(C)(N)C(F)(F)F)n1. The van der Waals surface area contributed by atoms with E-state index in [1.165, 1.54) is 25.3 Å². The molecule has 2 aromatic rings. The van der Waals surface area contributed by atoms with Gasteiger partial charge in [0.05, 0.1) is 12.7 Å². The fraction of sp³-hybridized carbons (Fsp3) is 0.333. The largest absolute Gasteiger partial charge is 0.496 e. The number of hydrogen-bond donors (Lipinski definition) is 1. The molecule has 9 heteroatoms. The fourth-order valence-electron chi connectivity index (χ4n) is 1.51. The second-order valence-electron chi connectivity index (χ2n) is 4.47. The van der Waals surface area contributed by atoms with Gasteiger partial charge in [0, 0.05) is 5.02 Å². The molecule has 0 bridgehead atoms. The predicted octanol–water partition coefficient (Wildman–Crippen LogP) is 3.13. The van der Waals surface area contributed by atoms with E-state index in [0.717, 1.165) is 6.92 Å². The van der Waals surface area contributed by atoms with Gasteiger partial charge >= 0.3 is 6.18 Å². The van der Waals surface area contributed by atoms with Gasteiger partial charge in [-0.3, -0.25) is 0 Å². The molecule has 1 aromatic heterocycles. The maximum Gasteiger partial charge on any atom is 0.415 e. The minimum atomic E-state index is -4.72. The van der Waals surface area contributed by atoms with E-state index in [1.54, 1.807) is 0 Å². The first-order valence-electron chi connectivity index (χ1n) is 5.70. The highest BCUT2D eigenvalue weighted by molar-refractivity contribution is 6.30. The minimum Gasteiger partial charge on any atom is -0.496 e. The van der Waals surface area contributed by atoms with E-state index < -0.39 is 17.6 Å². The fourth-order valence-corrected chi connectivity index (χ4v) is 1.68. The number of alkyl halides is 3. The quantitative estimate of drug-likeness (QED) is 0.940. The van der Waals surface area contributed by atoms with Crippen molar-refractivity contribution in [3.8, 4) is 17.1 Å². The molecule has 0 saturated heterocycles. The average molecular weight is 322 g/mol. The van der Waals surface area contributed by atoms with Crippen LogP contribution in [0.1, 0.15) is 12.8 Å². The number of halogens is 4. The summed E-state index contributed by atoms with van der Waals surface area (Å²) < 4.78 is 48.2. The summed E-state index contributed by atoms with van der Waals surface area (Å²) in [6, 6.07) is 4.52. The number of hydrogen-bond acceptors (Lipinski definition) is 5. The van der Waals surface area contributed by atoms with Gasteiger partial charge in [0.1, 0.15) is 5.75 Å². The second-order valence-corrected chi connectivity index (χ2v) is 4.90. The van der Waals surface area contributed by atoms with Crippen LogP contribution in [0.25, 0.3) is 11.4 Å². The molecule has 0 radical (unpaired) electrons. The first-order chi connectivity index (χ1) is 9.66. The first kappa shape index (κ1) is 15.6. The molecule has 0 saturated carbocycles. The number of nitrogens with two attached hydrogens (primary N) is 1. The van der Waals surface area contributed by atoms with Crippen LogP contribution in [0.5, 0.6) is 5.75 Å². The van der Waals surface area contributed by atoms with Crippen LogP contribution in [0.4, 0.5) is 13.2 Å². The van der Waals surface area contributed by atoms with Gasteiger partial charge in [0.2, 0.25) is 5.82 Å². The van der Waals surface area contributed by atoms with Crippen molar-refractivity contribution in [1.29, 1.82) is 0 Å². The van der Waals surface area contributed by atoms with Crippen LogP contribution in [0, 0.1) is 0 Å². The van der Waals surface area contributed by atoms with Crippen molar-refractivity contribution in [2.75, 3.05) is 7.11 Å². The van der Waals surface area contributed by atoms with Crippen LogP contribution >= 0.6 is 11.6 Å². The zero-order valence-electron chi connectivity index (χ0n) is 11.0. The highest BCUT2D eigenvalue weighted by Crippen LogP contribution is 2.37. The van der Waals surface area contributed by atoms with Crippen LogP contribution < -0.4 is 10.5 Å². The predicted molar refractivity (Wildman–Crippen MR) is 68.9 cm³/mol. The van der Waals surface area contributed by atoms with Crippen LogP contribution in [-0.4, -0.2) is 23.4 Å². The molecule has 2 rings (SSSR count). The summed E-state index contributed by atoms with van der Waals surface area (Å²) in [7, 11) is 1.39. The standard InChI is InChI=1S/C12H11ClF3N3O2/c1-11(17,12(14,15)16)10-18-9(19-21-10)7-4-3-6(13)5-8(7)20-2/h3-5H,17H2,1-2H3. The van der Waals surface area contributed by atoms with E-state index in [0.29, 0.717) is 16.3 Å². The molecule has 0 aliphatic heterocycles. The minimum absolute atomic E-state index is 0.0700. The third-order valence-electron chi connectivity index (χ3n) is 2.86. The van der Waals surface area contributed by atoms with E-state index in [2.05, 4.69) is 14.7 Å². The monoisotopic (exact) mass is 321 g/mol. The molecule has 1 aromatic carbocycles. The summed E-state index contributed by atoms with van der Waals surface area (Å²) in [6.07, 6.45) is -4.72. The molecule has 0 fully saturated rings. The van der Waals surface area contributed by atoms with E-state index in [1.807, 2.05) is 0 Å². The lowest BCUT2D eigenvalue weighted by Gasteiger charge is -2.22. The number of nitrogens with zero attached hydrogens (tertiary/aromatic N) is 2. The topological polar surface area (TPSA) is 74.2 Å². The third-order valence-corrected chi connectivity index (χ3v) is 3.10. The summed E-state index contributed by atoms with van der Waals surface area (Å²) in [5.74, 6) is -0.498. The maximum atomic E-state index is 12.8. The van der Waals surface area contributed by atoms with Crippen molar-refractivity contribution < 1.29 is 22.4 Å². The molecule has 1 heterocycles. The number of ether oxygens (including phenoxy) is 1. The molecule has 114 valence electrons. The Morgan fingerprint density at radius 2 is 2.00 bits per heavy atom. The van der Waals surface area contributed by atoms with E-state index in [4.69, 9.17) is 22.1 Å². The van der Waals surface area contributed by atoms with Gasteiger partial charge < -0.3 is 15.0 Å². The zero-order valence-corrected chi connectivity index (χ0v) is 11.8. The Hall–Kier alpha value is -1.80. The van der Waals surface area contributed by atoms with E-state index in [9.17, 15) is 13.2 Å². The van der Waals surface area contributed by atoms with Crippen molar-refractivity contribution in [1.82, 2.24) is 10.1 Å². The normalized spacial score (nSPS) is 14.8. The Bertz CT molecular complexity index is 655. The molecule has 21 heavy (non-hydrogen) atoms. The summed E-state index contributed by atoms with van der Waals surface area (Å²) in [5, 5.41) is 3.92. The van der Waals surface area contributed by atoms with Gasteiger partial charge in [-0.05, 0) is 25.1 Å². The Morgan fingerprint density at radius 3 is 2.57 bits per heavy atom. The molecule has 2 N–H and O–H groups in total. The lowest BCUT2D eigenvalue weighted by molar-refractivity contribution is -0.190. The van der Waals surface area contributed by atoms with Crippen LogP contribution in [0.15, 0.2) is 22.7 Å². The van der Waals surface area contributed by atoms with Crippen molar-refractivity contribution in [2.24, 2.45) is 5.73 Å². The molecular weight excluding hydrogens is 311 g/mol. The Balaban J connectivity index is 2.46. The molecule has 5 nitrogen and oxygen atoms in total. The van der Waals surface area contributed by atoms with E-state index >= 15 is 0 Å².